The molecule has 1 aliphatic carbocycles. The van der Waals surface area contributed by atoms with Gasteiger partial charge in [0.2, 0.25) is 0 Å². The Kier molecular flexibility index (Phi) is 2.21. The normalized spacial score (nSPS) is 20.6. The van der Waals surface area contributed by atoms with E-state index in [0.717, 1.165) is 5.56 Å². The summed E-state index contributed by atoms with van der Waals surface area (Å²) in [5, 5.41) is 8.59. The molecule has 1 saturated heterocycles. The van der Waals surface area contributed by atoms with Gasteiger partial charge in [0, 0.05) is 30.3 Å². The smallest absolute Gasteiger partial charge is 0.328 e. The van der Waals surface area contributed by atoms with Crippen LogP contribution in [0.2, 0.25) is 0 Å². The highest BCUT2D eigenvalue weighted by atomic mass is 16.4. The summed E-state index contributed by atoms with van der Waals surface area (Å²) in [5.41, 5.74) is 2.80. The molecule has 1 saturated carbocycles. The van der Waals surface area contributed by atoms with Crippen LogP contribution in [0.5, 0.6) is 0 Å². The van der Waals surface area contributed by atoms with Crippen molar-refractivity contribution in [3.63, 3.8) is 0 Å². The van der Waals surface area contributed by atoms with Gasteiger partial charge in [0.05, 0.1) is 0 Å². The molecule has 3 nitrogen and oxygen atoms in total. The zero-order valence-electron chi connectivity index (χ0n) is 9.60. The molecule has 3 heteroatoms. The molecule has 1 aliphatic heterocycles. The van der Waals surface area contributed by atoms with Gasteiger partial charge in [-0.15, -0.1) is 0 Å². The third kappa shape index (κ3) is 2.05. The molecule has 3 rings (SSSR count). The van der Waals surface area contributed by atoms with Gasteiger partial charge in [0.25, 0.3) is 0 Å². The molecule has 0 bridgehead atoms. The fourth-order valence-electron chi connectivity index (χ4n) is 2.43. The molecule has 17 heavy (non-hydrogen) atoms. The van der Waals surface area contributed by atoms with Crippen LogP contribution in [-0.2, 0) is 4.79 Å². The predicted molar refractivity (Wildman–Crippen MR) is 67.0 cm³/mol. The van der Waals surface area contributed by atoms with Crippen LogP contribution in [0, 0.1) is 5.41 Å². The van der Waals surface area contributed by atoms with E-state index in [2.05, 4.69) is 17.0 Å². The van der Waals surface area contributed by atoms with Gasteiger partial charge in [0.1, 0.15) is 0 Å². The molecule has 0 aromatic heterocycles. The van der Waals surface area contributed by atoms with Gasteiger partial charge in [-0.3, -0.25) is 0 Å². The lowest BCUT2D eigenvalue weighted by atomic mass is 9.96. The quantitative estimate of drug-likeness (QED) is 0.809. The molecular formula is C14H15NO2. The summed E-state index contributed by atoms with van der Waals surface area (Å²) in [4.78, 5) is 12.8. The lowest BCUT2D eigenvalue weighted by Gasteiger charge is -2.42. The largest absolute Gasteiger partial charge is 0.478 e. The molecule has 2 fully saturated rings. The number of aliphatic carboxylic acids is 1. The highest BCUT2D eigenvalue weighted by molar-refractivity contribution is 5.85. The van der Waals surface area contributed by atoms with Crippen LogP contribution < -0.4 is 4.90 Å². The van der Waals surface area contributed by atoms with Gasteiger partial charge in [-0.05, 0) is 36.6 Å². The van der Waals surface area contributed by atoms with Crippen molar-refractivity contribution in [2.24, 2.45) is 5.41 Å². The average molecular weight is 229 g/mol. The Morgan fingerprint density at radius 2 is 2.12 bits per heavy atom. The summed E-state index contributed by atoms with van der Waals surface area (Å²) < 4.78 is 0. The molecule has 0 radical (unpaired) electrons. The Balaban J connectivity index is 1.73. The van der Waals surface area contributed by atoms with Gasteiger partial charge < -0.3 is 10.0 Å². The SMILES string of the molecule is O=C(O)/C=C/c1cccc(N2CC3(CC3)C2)c1. The van der Waals surface area contributed by atoms with Crippen molar-refractivity contribution >= 4 is 17.7 Å². The molecule has 1 spiro atoms. The molecule has 1 aromatic rings. The van der Waals surface area contributed by atoms with Crippen molar-refractivity contribution in [3.8, 4) is 0 Å². The van der Waals surface area contributed by atoms with Crippen LogP contribution >= 0.6 is 0 Å². The fraction of sp³-hybridized carbons (Fsp3) is 0.357. The summed E-state index contributed by atoms with van der Waals surface area (Å²) in [6.07, 6.45) is 5.57. The average Bonchev–Trinajstić information content (AvgIpc) is 3.05. The Labute approximate surface area is 100 Å². The molecule has 1 heterocycles. The van der Waals surface area contributed by atoms with E-state index in [-0.39, 0.29) is 0 Å². The molecule has 88 valence electrons. The topological polar surface area (TPSA) is 40.5 Å². The van der Waals surface area contributed by atoms with Crippen molar-refractivity contribution in [1.29, 1.82) is 0 Å². The Morgan fingerprint density at radius 3 is 2.76 bits per heavy atom. The number of carbonyl (C=O) groups is 1. The third-order valence-electron chi connectivity index (χ3n) is 3.66. The monoisotopic (exact) mass is 229 g/mol. The predicted octanol–water partition coefficient (Wildman–Crippen LogP) is 2.38. The van der Waals surface area contributed by atoms with Crippen molar-refractivity contribution < 1.29 is 9.90 Å². The summed E-state index contributed by atoms with van der Waals surface area (Å²) >= 11 is 0. The van der Waals surface area contributed by atoms with Crippen molar-refractivity contribution in [1.82, 2.24) is 0 Å². The van der Waals surface area contributed by atoms with Crippen LogP contribution in [0.15, 0.2) is 30.3 Å². The van der Waals surface area contributed by atoms with Crippen LogP contribution in [0.25, 0.3) is 6.08 Å². The molecule has 0 unspecified atom stereocenters. The van der Waals surface area contributed by atoms with E-state index in [1.807, 2.05) is 12.1 Å². The molecule has 1 N–H and O–H groups in total. The van der Waals surface area contributed by atoms with Gasteiger partial charge >= 0.3 is 5.97 Å². The molecular weight excluding hydrogens is 214 g/mol. The van der Waals surface area contributed by atoms with Crippen LogP contribution in [-0.4, -0.2) is 24.2 Å². The first-order valence-corrected chi connectivity index (χ1v) is 5.93. The van der Waals surface area contributed by atoms with E-state index in [1.54, 1.807) is 6.08 Å². The molecule has 1 aromatic carbocycles. The summed E-state index contributed by atoms with van der Waals surface area (Å²) in [6, 6.07) is 8.05. The number of carboxylic acids is 1. The highest BCUT2D eigenvalue weighted by Gasteiger charge is 2.52. The zero-order chi connectivity index (χ0) is 11.9. The number of benzene rings is 1. The Hall–Kier alpha value is -1.77. The molecule has 0 amide bonds. The van der Waals surface area contributed by atoms with E-state index in [4.69, 9.17) is 5.11 Å². The first-order chi connectivity index (χ1) is 8.17. The second kappa shape index (κ2) is 3.62. The minimum absolute atomic E-state index is 0.646. The Morgan fingerprint density at radius 1 is 1.35 bits per heavy atom. The van der Waals surface area contributed by atoms with E-state index in [1.165, 1.54) is 37.7 Å². The van der Waals surface area contributed by atoms with Crippen molar-refractivity contribution in [2.45, 2.75) is 12.8 Å². The van der Waals surface area contributed by atoms with Gasteiger partial charge in [0.15, 0.2) is 0 Å². The summed E-state index contributed by atoms with van der Waals surface area (Å²) in [5.74, 6) is -0.906. The number of hydrogen-bond donors (Lipinski definition) is 1. The van der Waals surface area contributed by atoms with Crippen LogP contribution in [0.1, 0.15) is 18.4 Å². The number of anilines is 1. The van der Waals surface area contributed by atoms with E-state index in [0.29, 0.717) is 5.41 Å². The minimum atomic E-state index is -0.906. The second-order valence-corrected chi connectivity index (χ2v) is 5.12. The number of nitrogens with zero attached hydrogens (tertiary/aromatic N) is 1. The first kappa shape index (κ1) is 10.4. The summed E-state index contributed by atoms with van der Waals surface area (Å²) in [6.45, 7) is 2.33. The van der Waals surface area contributed by atoms with E-state index < -0.39 is 5.97 Å². The fourth-order valence-corrected chi connectivity index (χ4v) is 2.43. The number of hydrogen-bond acceptors (Lipinski definition) is 2. The van der Waals surface area contributed by atoms with Crippen molar-refractivity contribution in [3.05, 3.63) is 35.9 Å². The highest BCUT2D eigenvalue weighted by Crippen LogP contribution is 2.53. The van der Waals surface area contributed by atoms with E-state index in [9.17, 15) is 4.79 Å². The Bertz CT molecular complexity index is 481. The van der Waals surface area contributed by atoms with Gasteiger partial charge in [-0.1, -0.05) is 12.1 Å². The third-order valence-corrected chi connectivity index (χ3v) is 3.66. The zero-order valence-corrected chi connectivity index (χ0v) is 9.60. The maximum atomic E-state index is 10.5. The van der Waals surface area contributed by atoms with Crippen LogP contribution in [0.3, 0.4) is 0 Å². The second-order valence-electron chi connectivity index (χ2n) is 5.12. The lowest BCUT2D eigenvalue weighted by Crippen LogP contribution is -2.48. The molecule has 2 aliphatic rings. The van der Waals surface area contributed by atoms with Crippen molar-refractivity contribution in [2.75, 3.05) is 18.0 Å². The van der Waals surface area contributed by atoms with Gasteiger partial charge in [-0.2, -0.15) is 0 Å². The lowest BCUT2D eigenvalue weighted by molar-refractivity contribution is -0.131. The maximum absolute atomic E-state index is 10.5. The minimum Gasteiger partial charge on any atom is -0.478 e. The van der Waals surface area contributed by atoms with Crippen LogP contribution in [0.4, 0.5) is 5.69 Å². The standard InChI is InChI=1S/C14H15NO2/c16-13(17)5-4-11-2-1-3-12(8-11)15-9-14(10-15)6-7-14/h1-5,8H,6-7,9-10H2,(H,16,17)/b5-4+. The summed E-state index contributed by atoms with van der Waals surface area (Å²) in [7, 11) is 0. The maximum Gasteiger partial charge on any atom is 0.328 e. The number of carboxylic acid groups (broad SMARTS) is 1. The number of rotatable bonds is 3. The first-order valence-electron chi connectivity index (χ1n) is 5.93. The van der Waals surface area contributed by atoms with Gasteiger partial charge in [-0.25, -0.2) is 4.79 Å². The van der Waals surface area contributed by atoms with E-state index >= 15 is 0 Å². The molecule has 0 atom stereocenters.